The van der Waals surface area contributed by atoms with E-state index >= 15 is 0 Å². The number of carbonyl (C=O) groups excluding carboxylic acids is 1. The Bertz CT molecular complexity index is 253. The zero-order chi connectivity index (χ0) is 9.19. The lowest BCUT2D eigenvalue weighted by atomic mass is 9.76. The Hall–Kier alpha value is -0.560. The third kappa shape index (κ3) is 1.61. The predicted molar refractivity (Wildman–Crippen MR) is 51.3 cm³/mol. The van der Waals surface area contributed by atoms with E-state index in [0.29, 0.717) is 5.88 Å². The molecule has 1 unspecified atom stereocenters. The fraction of sp³-hybridized carbons (Fsp3) is 0.500. The molecule has 0 N–H and O–H groups in total. The van der Waals surface area contributed by atoms with Gasteiger partial charge in [0, 0.05) is 11.3 Å². The molecule has 0 spiro atoms. The Morgan fingerprint density at radius 1 is 1.67 bits per heavy atom. The monoisotopic (exact) mass is 184 g/mol. The number of carbonyl (C=O) groups is 1. The van der Waals surface area contributed by atoms with E-state index in [2.05, 4.69) is 13.8 Å². The molecule has 0 aromatic carbocycles. The summed E-state index contributed by atoms with van der Waals surface area (Å²) in [7, 11) is 0. The zero-order valence-electron chi connectivity index (χ0n) is 7.43. The SMILES string of the molecule is CC1=CC=C(C=O)CC1(C)CCl. The molecule has 1 aliphatic carbocycles. The van der Waals surface area contributed by atoms with Crippen molar-refractivity contribution in [3.63, 3.8) is 0 Å². The highest BCUT2D eigenvalue weighted by Crippen LogP contribution is 2.37. The van der Waals surface area contributed by atoms with Gasteiger partial charge in [0.1, 0.15) is 6.29 Å². The average Bonchev–Trinajstić information content (AvgIpc) is 2.10. The molecule has 1 rings (SSSR count). The van der Waals surface area contributed by atoms with Crippen LogP contribution in [0.1, 0.15) is 20.3 Å². The maximum atomic E-state index is 10.5. The number of rotatable bonds is 2. The lowest BCUT2D eigenvalue weighted by molar-refractivity contribution is -0.105. The van der Waals surface area contributed by atoms with Crippen LogP contribution in [0.25, 0.3) is 0 Å². The summed E-state index contributed by atoms with van der Waals surface area (Å²) < 4.78 is 0. The molecule has 0 fully saturated rings. The molecule has 0 amide bonds. The molecule has 0 aromatic rings. The lowest BCUT2D eigenvalue weighted by Crippen LogP contribution is -2.23. The molecule has 0 bridgehead atoms. The van der Waals surface area contributed by atoms with Gasteiger partial charge in [-0.05, 0) is 18.9 Å². The molecule has 0 aliphatic heterocycles. The highest BCUT2D eigenvalue weighted by molar-refractivity contribution is 6.18. The first-order valence-electron chi connectivity index (χ1n) is 4.01. The van der Waals surface area contributed by atoms with Crippen molar-refractivity contribution in [1.29, 1.82) is 0 Å². The summed E-state index contributed by atoms with van der Waals surface area (Å²) in [5.74, 6) is 0.570. The van der Waals surface area contributed by atoms with Crippen LogP contribution in [-0.4, -0.2) is 12.2 Å². The quantitative estimate of drug-likeness (QED) is 0.477. The van der Waals surface area contributed by atoms with Gasteiger partial charge in [0.25, 0.3) is 0 Å². The minimum absolute atomic E-state index is 0.0213. The lowest BCUT2D eigenvalue weighted by Gasteiger charge is -2.30. The van der Waals surface area contributed by atoms with E-state index in [-0.39, 0.29) is 5.41 Å². The number of hydrogen-bond acceptors (Lipinski definition) is 1. The van der Waals surface area contributed by atoms with Crippen molar-refractivity contribution < 1.29 is 4.79 Å². The van der Waals surface area contributed by atoms with Crippen LogP contribution < -0.4 is 0 Å². The van der Waals surface area contributed by atoms with Crippen molar-refractivity contribution in [3.8, 4) is 0 Å². The zero-order valence-corrected chi connectivity index (χ0v) is 8.19. The topological polar surface area (TPSA) is 17.1 Å². The second-order valence-corrected chi connectivity index (χ2v) is 3.85. The maximum absolute atomic E-state index is 10.5. The largest absolute Gasteiger partial charge is 0.298 e. The first kappa shape index (κ1) is 9.53. The summed E-state index contributed by atoms with van der Waals surface area (Å²) in [5, 5.41) is 0. The number of alkyl halides is 1. The second-order valence-electron chi connectivity index (χ2n) is 3.58. The summed E-state index contributed by atoms with van der Waals surface area (Å²) in [5.41, 5.74) is 2.07. The van der Waals surface area contributed by atoms with Gasteiger partial charge in [-0.1, -0.05) is 24.6 Å². The molecule has 0 aromatic heterocycles. The van der Waals surface area contributed by atoms with Gasteiger partial charge in [-0.2, -0.15) is 0 Å². The molecular formula is C10H13ClO. The summed E-state index contributed by atoms with van der Waals surface area (Å²) in [6.45, 7) is 4.14. The Morgan fingerprint density at radius 3 is 2.83 bits per heavy atom. The maximum Gasteiger partial charge on any atom is 0.146 e. The molecule has 2 heteroatoms. The third-order valence-electron chi connectivity index (χ3n) is 2.54. The van der Waals surface area contributed by atoms with Crippen molar-refractivity contribution in [3.05, 3.63) is 23.3 Å². The Kier molecular flexibility index (Phi) is 2.73. The normalized spacial score (nSPS) is 29.2. The molecule has 0 saturated carbocycles. The van der Waals surface area contributed by atoms with E-state index in [9.17, 15) is 4.79 Å². The van der Waals surface area contributed by atoms with Crippen molar-refractivity contribution in [1.82, 2.24) is 0 Å². The van der Waals surface area contributed by atoms with Gasteiger partial charge in [-0.15, -0.1) is 11.6 Å². The van der Waals surface area contributed by atoms with E-state index < -0.39 is 0 Å². The van der Waals surface area contributed by atoms with Crippen molar-refractivity contribution >= 4 is 17.9 Å². The smallest absolute Gasteiger partial charge is 0.146 e. The van der Waals surface area contributed by atoms with Crippen LogP contribution in [0.5, 0.6) is 0 Å². The van der Waals surface area contributed by atoms with Crippen LogP contribution in [0, 0.1) is 5.41 Å². The molecule has 66 valence electrons. The Labute approximate surface area is 78.1 Å². The number of aldehydes is 1. The molecule has 12 heavy (non-hydrogen) atoms. The van der Waals surface area contributed by atoms with Crippen molar-refractivity contribution in [2.24, 2.45) is 5.41 Å². The second kappa shape index (κ2) is 3.44. The van der Waals surface area contributed by atoms with Crippen LogP contribution in [0.4, 0.5) is 0 Å². The fourth-order valence-corrected chi connectivity index (χ4v) is 1.62. The summed E-state index contributed by atoms with van der Waals surface area (Å²) in [6, 6.07) is 0. The van der Waals surface area contributed by atoms with Crippen molar-refractivity contribution in [2.75, 3.05) is 5.88 Å². The molecule has 1 aliphatic rings. The fourth-order valence-electron chi connectivity index (χ4n) is 1.32. The Morgan fingerprint density at radius 2 is 2.33 bits per heavy atom. The number of hydrogen-bond donors (Lipinski definition) is 0. The van der Waals surface area contributed by atoms with Crippen LogP contribution in [-0.2, 0) is 4.79 Å². The molecule has 1 atom stereocenters. The molecular weight excluding hydrogens is 172 g/mol. The summed E-state index contributed by atoms with van der Waals surface area (Å²) in [4.78, 5) is 10.5. The van der Waals surface area contributed by atoms with Gasteiger partial charge >= 0.3 is 0 Å². The van der Waals surface area contributed by atoms with E-state index in [1.165, 1.54) is 5.57 Å². The third-order valence-corrected chi connectivity index (χ3v) is 3.13. The van der Waals surface area contributed by atoms with Gasteiger partial charge < -0.3 is 0 Å². The summed E-state index contributed by atoms with van der Waals surface area (Å²) in [6.07, 6.45) is 5.53. The van der Waals surface area contributed by atoms with E-state index in [4.69, 9.17) is 11.6 Å². The van der Waals surface area contributed by atoms with Crippen LogP contribution in [0.3, 0.4) is 0 Å². The minimum Gasteiger partial charge on any atom is -0.298 e. The van der Waals surface area contributed by atoms with Gasteiger partial charge in [0.15, 0.2) is 0 Å². The van der Waals surface area contributed by atoms with Gasteiger partial charge in [-0.25, -0.2) is 0 Å². The predicted octanol–water partition coefficient (Wildman–Crippen LogP) is 2.71. The first-order chi connectivity index (χ1) is 5.62. The molecule has 1 nitrogen and oxygen atoms in total. The van der Waals surface area contributed by atoms with Crippen LogP contribution in [0.15, 0.2) is 23.3 Å². The molecule has 0 saturated heterocycles. The van der Waals surface area contributed by atoms with E-state index in [1.807, 2.05) is 12.2 Å². The Balaban J connectivity index is 2.93. The van der Waals surface area contributed by atoms with E-state index in [0.717, 1.165) is 18.3 Å². The van der Waals surface area contributed by atoms with E-state index in [1.54, 1.807) is 0 Å². The highest BCUT2D eigenvalue weighted by Gasteiger charge is 2.28. The standard InChI is InChI=1S/C10H13ClO/c1-8-3-4-9(6-12)5-10(8,2)7-11/h3-4,6H,5,7H2,1-2H3. The van der Waals surface area contributed by atoms with Gasteiger partial charge in [-0.3, -0.25) is 4.79 Å². The van der Waals surface area contributed by atoms with Gasteiger partial charge in [0.05, 0.1) is 0 Å². The average molecular weight is 185 g/mol. The van der Waals surface area contributed by atoms with Gasteiger partial charge in [0.2, 0.25) is 0 Å². The number of allylic oxidation sites excluding steroid dienone is 4. The molecule has 0 heterocycles. The van der Waals surface area contributed by atoms with Crippen molar-refractivity contribution in [2.45, 2.75) is 20.3 Å². The summed E-state index contributed by atoms with van der Waals surface area (Å²) >= 11 is 5.85. The highest BCUT2D eigenvalue weighted by atomic mass is 35.5. The first-order valence-corrected chi connectivity index (χ1v) is 4.55. The minimum atomic E-state index is -0.0213. The van der Waals surface area contributed by atoms with Crippen LogP contribution in [0.2, 0.25) is 0 Å². The van der Waals surface area contributed by atoms with Crippen LogP contribution >= 0.6 is 11.6 Å². The number of halogens is 1. The molecule has 0 radical (unpaired) electrons.